The highest BCUT2D eigenvalue weighted by molar-refractivity contribution is 6.68. The van der Waals surface area contributed by atoms with E-state index in [9.17, 15) is 5.11 Å². The zero-order valence-electron chi connectivity index (χ0n) is 10.7. The number of hydrogen-bond acceptors (Lipinski definition) is 1. The fraction of sp³-hybridized carbons (Fsp3) is 0.333. The Morgan fingerprint density at radius 1 is 0.947 bits per heavy atom. The number of aryl methyl sites for hydroxylation is 1. The number of rotatable bonds is 1. The molecule has 4 heteroatoms. The highest BCUT2D eigenvalue weighted by Crippen LogP contribution is 2.49. The van der Waals surface area contributed by atoms with Gasteiger partial charge in [-0.3, -0.25) is 0 Å². The Labute approximate surface area is 128 Å². The first-order valence-electron chi connectivity index (χ1n) is 5.93. The van der Waals surface area contributed by atoms with Crippen LogP contribution in [0, 0.1) is 12.3 Å². The molecule has 19 heavy (non-hydrogen) atoms. The Bertz CT molecular complexity index is 509. The van der Waals surface area contributed by atoms with E-state index in [2.05, 4.69) is 0 Å². The summed E-state index contributed by atoms with van der Waals surface area (Å²) >= 11 is 17.9. The second-order valence-corrected chi connectivity index (χ2v) is 7.42. The molecule has 0 bridgehead atoms. The van der Waals surface area contributed by atoms with Crippen molar-refractivity contribution in [1.82, 2.24) is 0 Å². The van der Waals surface area contributed by atoms with Crippen molar-refractivity contribution in [2.24, 2.45) is 5.41 Å². The van der Waals surface area contributed by atoms with Crippen molar-refractivity contribution >= 4 is 34.8 Å². The van der Waals surface area contributed by atoms with Crippen LogP contribution in [-0.4, -0.2) is 8.90 Å². The van der Waals surface area contributed by atoms with Crippen LogP contribution < -0.4 is 0 Å². The second-order valence-electron chi connectivity index (χ2n) is 5.14. The topological polar surface area (TPSA) is 20.2 Å². The van der Waals surface area contributed by atoms with Crippen LogP contribution in [-0.2, 0) is 5.60 Å². The van der Waals surface area contributed by atoms with Gasteiger partial charge in [0.1, 0.15) is 5.60 Å². The van der Waals surface area contributed by atoms with Gasteiger partial charge in [0.2, 0.25) is 3.79 Å². The first-order valence-corrected chi connectivity index (χ1v) is 7.07. The van der Waals surface area contributed by atoms with Crippen LogP contribution in [0.25, 0.3) is 0 Å². The zero-order chi connectivity index (χ0) is 14.3. The summed E-state index contributed by atoms with van der Waals surface area (Å²) in [6, 6.07) is 7.69. The maximum Gasteiger partial charge on any atom is 0.202 e. The minimum Gasteiger partial charge on any atom is -0.377 e. The molecule has 0 amide bonds. The molecule has 2 rings (SSSR count). The smallest absolute Gasteiger partial charge is 0.202 e. The summed E-state index contributed by atoms with van der Waals surface area (Å²) in [6.07, 6.45) is 6.80. The van der Waals surface area contributed by atoms with Crippen LogP contribution in [0.4, 0.5) is 0 Å². The van der Waals surface area contributed by atoms with Gasteiger partial charge in [-0.2, -0.15) is 0 Å². The third kappa shape index (κ3) is 2.85. The van der Waals surface area contributed by atoms with Crippen LogP contribution in [0.1, 0.15) is 18.1 Å². The van der Waals surface area contributed by atoms with E-state index in [0.29, 0.717) is 0 Å². The van der Waals surface area contributed by atoms with Crippen LogP contribution >= 0.6 is 34.8 Å². The van der Waals surface area contributed by atoms with E-state index in [4.69, 9.17) is 34.8 Å². The Kier molecular flexibility index (Phi) is 3.79. The monoisotopic (exact) mass is 316 g/mol. The molecule has 0 saturated heterocycles. The lowest BCUT2D eigenvalue weighted by Crippen LogP contribution is -2.33. The molecule has 0 aromatic heterocycles. The van der Waals surface area contributed by atoms with Gasteiger partial charge in [0.15, 0.2) is 0 Å². The van der Waals surface area contributed by atoms with E-state index in [1.54, 1.807) is 24.3 Å². The molecule has 1 aromatic rings. The average molecular weight is 318 g/mol. The fourth-order valence-corrected chi connectivity index (χ4v) is 2.29. The summed E-state index contributed by atoms with van der Waals surface area (Å²) in [5.41, 5.74) is 0.0526. The molecule has 0 radical (unpaired) electrons. The van der Waals surface area contributed by atoms with Crippen molar-refractivity contribution in [3.8, 4) is 0 Å². The largest absolute Gasteiger partial charge is 0.377 e. The van der Waals surface area contributed by atoms with Crippen molar-refractivity contribution < 1.29 is 5.11 Å². The van der Waals surface area contributed by atoms with Crippen LogP contribution in [0.5, 0.6) is 0 Å². The van der Waals surface area contributed by atoms with E-state index in [1.165, 1.54) is 0 Å². The molecule has 0 unspecified atom stereocenters. The van der Waals surface area contributed by atoms with Gasteiger partial charge in [-0.1, -0.05) is 76.8 Å². The highest BCUT2D eigenvalue weighted by Gasteiger charge is 2.43. The van der Waals surface area contributed by atoms with Crippen molar-refractivity contribution in [3.63, 3.8) is 0 Å². The lowest BCUT2D eigenvalue weighted by Gasteiger charge is -2.36. The molecule has 1 aliphatic carbocycles. The molecule has 1 aliphatic rings. The molecule has 0 spiro atoms. The van der Waals surface area contributed by atoms with Gasteiger partial charge >= 0.3 is 0 Å². The molecule has 0 aliphatic heterocycles. The Balaban J connectivity index is 2.34. The van der Waals surface area contributed by atoms with Crippen molar-refractivity contribution in [3.05, 3.63) is 59.7 Å². The fourth-order valence-electron chi connectivity index (χ4n) is 1.91. The quantitative estimate of drug-likeness (QED) is 0.589. The van der Waals surface area contributed by atoms with E-state index in [0.717, 1.165) is 11.1 Å². The summed E-state index contributed by atoms with van der Waals surface area (Å²) in [7, 11) is 0. The first kappa shape index (κ1) is 14.9. The maximum atomic E-state index is 10.6. The lowest BCUT2D eigenvalue weighted by molar-refractivity contribution is 0.138. The summed E-state index contributed by atoms with van der Waals surface area (Å²) in [5, 5.41) is 10.6. The third-order valence-electron chi connectivity index (χ3n) is 3.49. The number of alkyl halides is 3. The standard InChI is InChI=1S/C15H15Cl3O/c1-11-3-5-12(6-4-11)14(19)9-7-13(2,8-10-14)15(16,17)18/h3-10,19H,1-2H3. The van der Waals surface area contributed by atoms with E-state index < -0.39 is 14.8 Å². The Morgan fingerprint density at radius 2 is 1.42 bits per heavy atom. The summed E-state index contributed by atoms with van der Waals surface area (Å²) in [4.78, 5) is 0. The molecular formula is C15H15Cl3O. The molecule has 0 saturated carbocycles. The Hall–Kier alpha value is -0.470. The van der Waals surface area contributed by atoms with Gasteiger partial charge < -0.3 is 5.11 Å². The minimum absolute atomic E-state index is 0.728. The van der Waals surface area contributed by atoms with Gasteiger partial charge in [0.05, 0.1) is 5.41 Å². The number of halogens is 3. The average Bonchev–Trinajstić information content (AvgIpc) is 2.33. The molecular weight excluding hydrogens is 303 g/mol. The van der Waals surface area contributed by atoms with Crippen molar-refractivity contribution in [2.75, 3.05) is 0 Å². The summed E-state index contributed by atoms with van der Waals surface area (Å²) < 4.78 is -1.45. The number of allylic oxidation sites excluding steroid dienone is 2. The van der Waals surface area contributed by atoms with Crippen LogP contribution in [0.3, 0.4) is 0 Å². The molecule has 0 atom stereocenters. The van der Waals surface area contributed by atoms with Gasteiger partial charge in [-0.25, -0.2) is 0 Å². The number of aliphatic hydroxyl groups is 1. The van der Waals surface area contributed by atoms with Gasteiger partial charge in [0.25, 0.3) is 0 Å². The number of hydrogen-bond donors (Lipinski definition) is 1. The van der Waals surface area contributed by atoms with Crippen molar-refractivity contribution in [2.45, 2.75) is 23.2 Å². The lowest BCUT2D eigenvalue weighted by atomic mass is 9.80. The van der Waals surface area contributed by atoms with E-state index in [-0.39, 0.29) is 0 Å². The van der Waals surface area contributed by atoms with E-state index >= 15 is 0 Å². The maximum absolute atomic E-state index is 10.6. The first-order chi connectivity index (χ1) is 8.66. The highest BCUT2D eigenvalue weighted by atomic mass is 35.6. The van der Waals surface area contributed by atoms with Crippen molar-refractivity contribution in [1.29, 1.82) is 0 Å². The molecule has 1 aromatic carbocycles. The van der Waals surface area contributed by atoms with Crippen LogP contribution in [0.15, 0.2) is 48.6 Å². The molecule has 1 nitrogen and oxygen atoms in total. The van der Waals surface area contributed by atoms with Crippen LogP contribution in [0.2, 0.25) is 0 Å². The molecule has 0 fully saturated rings. The summed E-state index contributed by atoms with van der Waals surface area (Å²) in [6.45, 7) is 3.81. The SMILES string of the molecule is Cc1ccc(C2(O)C=CC(C)(C(Cl)(Cl)Cl)C=C2)cc1. The molecule has 102 valence electrons. The predicted octanol–water partition coefficient (Wildman–Crippen LogP) is 4.69. The van der Waals surface area contributed by atoms with E-state index in [1.807, 2.05) is 38.1 Å². The zero-order valence-corrected chi connectivity index (χ0v) is 13.0. The predicted molar refractivity (Wildman–Crippen MR) is 81.8 cm³/mol. The van der Waals surface area contributed by atoms with Gasteiger partial charge in [-0.15, -0.1) is 0 Å². The number of benzene rings is 1. The summed E-state index contributed by atoms with van der Waals surface area (Å²) in [5.74, 6) is 0. The second kappa shape index (κ2) is 4.82. The Morgan fingerprint density at radius 3 is 1.84 bits per heavy atom. The van der Waals surface area contributed by atoms with Gasteiger partial charge in [0, 0.05) is 0 Å². The third-order valence-corrected chi connectivity index (χ3v) is 4.71. The normalized spacial score (nSPS) is 30.6. The minimum atomic E-state index is -1.45. The molecule has 0 heterocycles. The molecule has 1 N–H and O–H groups in total. The van der Waals surface area contributed by atoms with Gasteiger partial charge in [-0.05, 0) is 31.6 Å².